The highest BCUT2D eigenvalue weighted by atomic mass is 16.5. The van der Waals surface area contributed by atoms with Crippen molar-refractivity contribution < 1.29 is 14.3 Å². The fourth-order valence-electron chi connectivity index (χ4n) is 3.27. The van der Waals surface area contributed by atoms with Crippen LogP contribution in [0.2, 0.25) is 0 Å². The van der Waals surface area contributed by atoms with Crippen LogP contribution in [0.3, 0.4) is 0 Å². The van der Waals surface area contributed by atoms with Crippen molar-refractivity contribution >= 4 is 11.8 Å². The molecule has 1 N–H and O–H groups in total. The first-order valence-corrected chi connectivity index (χ1v) is 8.03. The average Bonchev–Trinajstić information content (AvgIpc) is 2.98. The summed E-state index contributed by atoms with van der Waals surface area (Å²) >= 11 is 0. The van der Waals surface area contributed by atoms with E-state index in [1.54, 1.807) is 17.0 Å². The standard InChI is InChI=1S/C19H18N2O3/c1-13-6-8-14(9-7-13)18(23)21-11-10-19(12-21)20-17(22)15-4-2-3-5-16(15)24-19/h2-9H,10-12H2,1H3,(H,20,22). The van der Waals surface area contributed by atoms with E-state index in [1.165, 1.54) is 0 Å². The molecular weight excluding hydrogens is 304 g/mol. The summed E-state index contributed by atoms with van der Waals surface area (Å²) in [5.74, 6) is 0.385. The molecule has 1 fully saturated rings. The molecule has 2 aliphatic rings. The highest BCUT2D eigenvalue weighted by Crippen LogP contribution is 2.33. The zero-order valence-electron chi connectivity index (χ0n) is 13.4. The van der Waals surface area contributed by atoms with Crippen LogP contribution in [0.15, 0.2) is 48.5 Å². The summed E-state index contributed by atoms with van der Waals surface area (Å²) in [7, 11) is 0. The summed E-state index contributed by atoms with van der Waals surface area (Å²) in [5.41, 5.74) is 1.47. The minimum absolute atomic E-state index is 0.0383. The van der Waals surface area contributed by atoms with Gasteiger partial charge in [0.25, 0.3) is 11.8 Å². The van der Waals surface area contributed by atoms with Crippen LogP contribution in [0.25, 0.3) is 0 Å². The van der Waals surface area contributed by atoms with E-state index in [-0.39, 0.29) is 11.8 Å². The number of aryl methyl sites for hydroxylation is 1. The fourth-order valence-corrected chi connectivity index (χ4v) is 3.27. The first-order valence-electron chi connectivity index (χ1n) is 8.03. The van der Waals surface area contributed by atoms with E-state index in [4.69, 9.17) is 4.74 Å². The number of rotatable bonds is 1. The van der Waals surface area contributed by atoms with Crippen molar-refractivity contribution in [3.05, 3.63) is 65.2 Å². The molecule has 24 heavy (non-hydrogen) atoms. The maximum atomic E-state index is 12.7. The number of fused-ring (bicyclic) bond motifs is 1. The Balaban J connectivity index is 1.55. The van der Waals surface area contributed by atoms with Crippen LogP contribution in [0.1, 0.15) is 32.7 Å². The number of para-hydroxylation sites is 1. The predicted molar refractivity (Wildman–Crippen MR) is 89.0 cm³/mol. The monoisotopic (exact) mass is 322 g/mol. The Bertz CT molecular complexity index is 816. The smallest absolute Gasteiger partial charge is 0.258 e. The second kappa shape index (κ2) is 5.37. The van der Waals surface area contributed by atoms with Crippen LogP contribution in [0.4, 0.5) is 0 Å². The molecule has 0 aliphatic carbocycles. The number of hydrogen-bond donors (Lipinski definition) is 1. The molecule has 0 radical (unpaired) electrons. The van der Waals surface area contributed by atoms with Crippen LogP contribution < -0.4 is 10.1 Å². The molecule has 4 rings (SSSR count). The van der Waals surface area contributed by atoms with Gasteiger partial charge in [0.15, 0.2) is 0 Å². The third-order valence-corrected chi connectivity index (χ3v) is 4.60. The van der Waals surface area contributed by atoms with E-state index in [2.05, 4.69) is 5.32 Å². The van der Waals surface area contributed by atoms with Gasteiger partial charge in [-0.05, 0) is 31.2 Å². The van der Waals surface area contributed by atoms with Crippen molar-refractivity contribution in [2.24, 2.45) is 0 Å². The van der Waals surface area contributed by atoms with E-state index in [0.29, 0.717) is 36.4 Å². The Hall–Kier alpha value is -2.82. The average molecular weight is 322 g/mol. The van der Waals surface area contributed by atoms with Crippen molar-refractivity contribution in [1.82, 2.24) is 10.2 Å². The molecule has 2 aliphatic heterocycles. The van der Waals surface area contributed by atoms with E-state index in [9.17, 15) is 9.59 Å². The number of benzene rings is 2. The Morgan fingerprint density at radius 2 is 1.92 bits per heavy atom. The van der Waals surface area contributed by atoms with Crippen LogP contribution in [-0.2, 0) is 0 Å². The highest BCUT2D eigenvalue weighted by molar-refractivity contribution is 5.99. The van der Waals surface area contributed by atoms with Gasteiger partial charge in [0.2, 0.25) is 5.72 Å². The Morgan fingerprint density at radius 1 is 1.17 bits per heavy atom. The third kappa shape index (κ3) is 2.42. The molecule has 0 saturated carbocycles. The molecule has 1 unspecified atom stereocenters. The lowest BCUT2D eigenvalue weighted by Crippen LogP contribution is -2.57. The highest BCUT2D eigenvalue weighted by Gasteiger charge is 2.46. The molecule has 122 valence electrons. The van der Waals surface area contributed by atoms with E-state index in [1.807, 2.05) is 43.3 Å². The van der Waals surface area contributed by atoms with Crippen LogP contribution in [0.5, 0.6) is 5.75 Å². The first kappa shape index (κ1) is 14.8. The Morgan fingerprint density at radius 3 is 2.71 bits per heavy atom. The van der Waals surface area contributed by atoms with Gasteiger partial charge in [0, 0.05) is 18.5 Å². The van der Waals surface area contributed by atoms with Gasteiger partial charge in [-0.1, -0.05) is 29.8 Å². The van der Waals surface area contributed by atoms with Gasteiger partial charge in [-0.3, -0.25) is 9.59 Å². The summed E-state index contributed by atoms with van der Waals surface area (Å²) in [5, 5.41) is 2.94. The summed E-state index contributed by atoms with van der Waals surface area (Å²) in [4.78, 5) is 26.7. The Labute approximate surface area is 140 Å². The third-order valence-electron chi connectivity index (χ3n) is 4.60. The molecule has 0 aromatic heterocycles. The van der Waals surface area contributed by atoms with Gasteiger partial charge in [-0.15, -0.1) is 0 Å². The van der Waals surface area contributed by atoms with Crippen molar-refractivity contribution in [2.75, 3.05) is 13.1 Å². The summed E-state index contributed by atoms with van der Waals surface area (Å²) in [6.45, 7) is 2.89. The number of carbonyl (C=O) groups is 2. The minimum atomic E-state index is -0.828. The fraction of sp³-hybridized carbons (Fsp3) is 0.263. The summed E-state index contributed by atoms with van der Waals surface area (Å²) < 4.78 is 6.06. The van der Waals surface area contributed by atoms with Crippen LogP contribution in [0, 0.1) is 6.92 Å². The molecule has 0 bridgehead atoms. The van der Waals surface area contributed by atoms with Gasteiger partial charge in [-0.2, -0.15) is 0 Å². The maximum absolute atomic E-state index is 12.7. The van der Waals surface area contributed by atoms with Crippen molar-refractivity contribution in [3.8, 4) is 5.75 Å². The quantitative estimate of drug-likeness (QED) is 0.877. The normalized spacial score (nSPS) is 22.0. The van der Waals surface area contributed by atoms with Crippen LogP contribution in [-0.4, -0.2) is 35.5 Å². The molecule has 2 heterocycles. The lowest BCUT2D eigenvalue weighted by Gasteiger charge is -2.35. The number of nitrogens with one attached hydrogen (secondary N) is 1. The molecule has 5 nitrogen and oxygen atoms in total. The topological polar surface area (TPSA) is 58.6 Å². The number of ether oxygens (including phenoxy) is 1. The largest absolute Gasteiger partial charge is 0.465 e. The van der Waals surface area contributed by atoms with Gasteiger partial charge in [0.05, 0.1) is 12.1 Å². The molecule has 1 spiro atoms. The minimum Gasteiger partial charge on any atom is -0.465 e. The zero-order chi connectivity index (χ0) is 16.7. The number of likely N-dealkylation sites (tertiary alicyclic amines) is 1. The molecule has 1 atom stereocenters. The molecule has 2 aromatic carbocycles. The van der Waals surface area contributed by atoms with E-state index >= 15 is 0 Å². The van der Waals surface area contributed by atoms with Gasteiger partial charge in [0.1, 0.15) is 5.75 Å². The van der Waals surface area contributed by atoms with Crippen molar-refractivity contribution in [3.63, 3.8) is 0 Å². The van der Waals surface area contributed by atoms with E-state index < -0.39 is 5.72 Å². The summed E-state index contributed by atoms with van der Waals surface area (Å²) in [6.07, 6.45) is 0.574. The number of carbonyl (C=O) groups excluding carboxylic acids is 2. The summed E-state index contributed by atoms with van der Waals surface area (Å²) in [6, 6.07) is 14.7. The molecule has 2 aromatic rings. The lowest BCUT2D eigenvalue weighted by molar-refractivity contribution is 0.0240. The second-order valence-corrected chi connectivity index (χ2v) is 6.39. The van der Waals surface area contributed by atoms with E-state index in [0.717, 1.165) is 5.56 Å². The van der Waals surface area contributed by atoms with Gasteiger partial charge < -0.3 is 15.0 Å². The molecular formula is C19H18N2O3. The molecule has 2 amide bonds. The van der Waals surface area contributed by atoms with Gasteiger partial charge >= 0.3 is 0 Å². The zero-order valence-corrected chi connectivity index (χ0v) is 13.4. The second-order valence-electron chi connectivity index (χ2n) is 6.39. The first-order chi connectivity index (χ1) is 11.6. The maximum Gasteiger partial charge on any atom is 0.258 e. The SMILES string of the molecule is Cc1ccc(C(=O)N2CCC3(C2)NC(=O)c2ccccc2O3)cc1. The predicted octanol–water partition coefficient (Wildman–Crippen LogP) is 2.36. The van der Waals surface area contributed by atoms with Crippen molar-refractivity contribution in [1.29, 1.82) is 0 Å². The van der Waals surface area contributed by atoms with Gasteiger partial charge in [-0.25, -0.2) is 0 Å². The molecule has 1 saturated heterocycles. The number of nitrogens with zero attached hydrogens (tertiary/aromatic N) is 1. The lowest BCUT2D eigenvalue weighted by atomic mass is 10.1. The Kier molecular flexibility index (Phi) is 3.30. The van der Waals surface area contributed by atoms with Crippen molar-refractivity contribution in [2.45, 2.75) is 19.1 Å². The number of amides is 2. The van der Waals surface area contributed by atoms with Crippen LogP contribution >= 0.6 is 0 Å². The number of hydrogen-bond acceptors (Lipinski definition) is 3. The molecule has 5 heteroatoms.